The van der Waals surface area contributed by atoms with Crippen molar-refractivity contribution in [3.63, 3.8) is 0 Å². The lowest BCUT2D eigenvalue weighted by Crippen LogP contribution is -2.17. The second kappa shape index (κ2) is 8.18. The number of anilines is 1. The van der Waals surface area contributed by atoms with E-state index >= 15 is 0 Å². The molecule has 0 aliphatic heterocycles. The zero-order chi connectivity index (χ0) is 19.4. The van der Waals surface area contributed by atoms with Gasteiger partial charge in [-0.1, -0.05) is 60.2 Å². The van der Waals surface area contributed by atoms with E-state index in [1.807, 2.05) is 68.4 Å². The van der Waals surface area contributed by atoms with Crippen molar-refractivity contribution in [3.8, 4) is 11.1 Å². The Bertz CT molecular complexity index is 960. The van der Waals surface area contributed by atoms with Gasteiger partial charge >= 0.3 is 0 Å². The van der Waals surface area contributed by atoms with Crippen LogP contribution in [0, 0.1) is 13.8 Å². The molecule has 0 spiro atoms. The second-order valence-electron chi connectivity index (χ2n) is 6.50. The smallest absolute Gasteiger partial charge is 0.252 e. The lowest BCUT2D eigenvalue weighted by Gasteiger charge is -2.07. The Kier molecular flexibility index (Phi) is 5.72. The van der Waals surface area contributed by atoms with Gasteiger partial charge in [0.25, 0.3) is 5.91 Å². The van der Waals surface area contributed by atoms with E-state index in [2.05, 4.69) is 5.32 Å². The number of hydrogen-bond acceptors (Lipinski definition) is 3. The fourth-order valence-electron chi connectivity index (χ4n) is 3.02. The molecule has 5 heteroatoms. The summed E-state index contributed by atoms with van der Waals surface area (Å²) in [4.78, 5) is 25.5. The molecule has 0 saturated carbocycles. The molecule has 3 N–H and O–H groups in total. The van der Waals surface area contributed by atoms with Crippen molar-refractivity contribution in [2.45, 2.75) is 26.7 Å². The lowest BCUT2D eigenvalue weighted by molar-refractivity contribution is -0.116. The van der Waals surface area contributed by atoms with Gasteiger partial charge in [-0.15, -0.1) is 11.3 Å². The average molecular weight is 378 g/mol. The molecular formula is C22H22N2O2S. The molecule has 1 aromatic heterocycles. The molecule has 0 bridgehead atoms. The fourth-order valence-corrected chi connectivity index (χ4v) is 4.12. The Hall–Kier alpha value is -2.92. The van der Waals surface area contributed by atoms with Gasteiger partial charge in [0.05, 0.1) is 5.56 Å². The number of nitrogens with two attached hydrogens (primary N) is 1. The third kappa shape index (κ3) is 4.44. The van der Waals surface area contributed by atoms with E-state index in [0.717, 1.165) is 21.6 Å². The first-order valence-corrected chi connectivity index (χ1v) is 9.61. The van der Waals surface area contributed by atoms with Crippen LogP contribution in [-0.2, 0) is 11.2 Å². The molecule has 2 amide bonds. The largest absolute Gasteiger partial charge is 0.365 e. The predicted molar refractivity (Wildman–Crippen MR) is 111 cm³/mol. The van der Waals surface area contributed by atoms with Crippen molar-refractivity contribution in [3.05, 3.63) is 76.2 Å². The van der Waals surface area contributed by atoms with E-state index < -0.39 is 5.91 Å². The molecule has 0 fully saturated rings. The van der Waals surface area contributed by atoms with Gasteiger partial charge in [-0.3, -0.25) is 9.59 Å². The Balaban J connectivity index is 1.79. The van der Waals surface area contributed by atoms with E-state index in [1.165, 1.54) is 16.9 Å². The van der Waals surface area contributed by atoms with Crippen LogP contribution in [0.3, 0.4) is 0 Å². The molecule has 3 rings (SSSR count). The minimum Gasteiger partial charge on any atom is -0.365 e. The Morgan fingerprint density at radius 2 is 1.67 bits per heavy atom. The van der Waals surface area contributed by atoms with Gasteiger partial charge in [0.15, 0.2) is 0 Å². The van der Waals surface area contributed by atoms with Crippen LogP contribution in [0.2, 0.25) is 0 Å². The molecule has 1 heterocycles. The predicted octanol–water partition coefficient (Wildman–Crippen LogP) is 4.70. The highest BCUT2D eigenvalue weighted by atomic mass is 32.1. The number of thiophene rings is 1. The summed E-state index contributed by atoms with van der Waals surface area (Å²) >= 11 is 1.38. The van der Waals surface area contributed by atoms with Gasteiger partial charge in [0, 0.05) is 16.9 Å². The third-order valence-corrected chi connectivity index (χ3v) is 5.43. The molecule has 0 aliphatic rings. The fraction of sp³-hybridized carbons (Fsp3) is 0.182. The van der Waals surface area contributed by atoms with E-state index in [0.29, 0.717) is 23.4 Å². The maximum atomic E-state index is 12.4. The number of nitrogens with one attached hydrogen (secondary N) is 1. The van der Waals surface area contributed by atoms with Gasteiger partial charge in [-0.2, -0.15) is 0 Å². The van der Waals surface area contributed by atoms with Gasteiger partial charge < -0.3 is 11.1 Å². The first kappa shape index (κ1) is 18.9. The maximum Gasteiger partial charge on any atom is 0.252 e. The van der Waals surface area contributed by atoms with E-state index in [-0.39, 0.29) is 5.91 Å². The summed E-state index contributed by atoms with van der Waals surface area (Å²) in [5.74, 6) is -0.661. The second-order valence-corrected chi connectivity index (χ2v) is 7.73. The first-order valence-electron chi connectivity index (χ1n) is 8.79. The van der Waals surface area contributed by atoms with Crippen LogP contribution in [0.5, 0.6) is 0 Å². The van der Waals surface area contributed by atoms with Crippen LogP contribution >= 0.6 is 11.3 Å². The molecule has 2 aromatic carbocycles. The average Bonchev–Trinajstić information content (AvgIpc) is 2.98. The van der Waals surface area contributed by atoms with E-state index in [4.69, 9.17) is 5.73 Å². The summed E-state index contributed by atoms with van der Waals surface area (Å²) in [6, 6.07) is 17.7. The van der Waals surface area contributed by atoms with Gasteiger partial charge in [-0.25, -0.2) is 0 Å². The normalized spacial score (nSPS) is 10.6. The standard InChI is InChI=1S/C22H22N2O2S/c1-14-8-10-16(11-9-14)12-13-18(25)24-22-20(21(23)26)19(15(2)27-22)17-6-4-3-5-7-17/h3-11H,12-13H2,1-2H3,(H2,23,26)(H,24,25). The van der Waals surface area contributed by atoms with Crippen molar-refractivity contribution in [2.75, 3.05) is 5.32 Å². The molecular weight excluding hydrogens is 356 g/mol. The summed E-state index contributed by atoms with van der Waals surface area (Å²) in [7, 11) is 0. The number of rotatable bonds is 6. The topological polar surface area (TPSA) is 72.2 Å². The van der Waals surface area contributed by atoms with Crippen molar-refractivity contribution in [2.24, 2.45) is 5.73 Å². The molecule has 27 heavy (non-hydrogen) atoms. The van der Waals surface area contributed by atoms with Crippen LogP contribution < -0.4 is 11.1 Å². The summed E-state index contributed by atoms with van der Waals surface area (Å²) in [5.41, 5.74) is 10.0. The Morgan fingerprint density at radius 3 is 2.30 bits per heavy atom. The van der Waals surface area contributed by atoms with Crippen LogP contribution in [0.15, 0.2) is 54.6 Å². The number of carbonyl (C=O) groups is 2. The highest BCUT2D eigenvalue weighted by molar-refractivity contribution is 7.17. The summed E-state index contributed by atoms with van der Waals surface area (Å²) in [6.45, 7) is 3.96. The molecule has 4 nitrogen and oxygen atoms in total. The minimum absolute atomic E-state index is 0.126. The van der Waals surface area contributed by atoms with Gasteiger partial charge in [0.2, 0.25) is 5.91 Å². The molecule has 138 valence electrons. The van der Waals surface area contributed by atoms with Crippen molar-refractivity contribution in [1.82, 2.24) is 0 Å². The number of aryl methyl sites for hydroxylation is 3. The van der Waals surface area contributed by atoms with Crippen LogP contribution in [0.25, 0.3) is 11.1 Å². The maximum absolute atomic E-state index is 12.4. The minimum atomic E-state index is -0.535. The molecule has 0 unspecified atom stereocenters. The zero-order valence-electron chi connectivity index (χ0n) is 15.4. The summed E-state index contributed by atoms with van der Waals surface area (Å²) < 4.78 is 0. The van der Waals surface area contributed by atoms with Crippen molar-refractivity contribution < 1.29 is 9.59 Å². The van der Waals surface area contributed by atoms with Crippen molar-refractivity contribution >= 4 is 28.2 Å². The molecule has 0 atom stereocenters. The molecule has 0 radical (unpaired) electrons. The summed E-state index contributed by atoms with van der Waals surface area (Å²) in [6.07, 6.45) is 0.993. The monoisotopic (exact) mass is 378 g/mol. The number of amides is 2. The Morgan fingerprint density at radius 1 is 1.00 bits per heavy atom. The van der Waals surface area contributed by atoms with Crippen LogP contribution in [-0.4, -0.2) is 11.8 Å². The molecule has 0 aliphatic carbocycles. The quantitative estimate of drug-likeness (QED) is 0.652. The molecule has 3 aromatic rings. The van der Waals surface area contributed by atoms with Crippen LogP contribution in [0.4, 0.5) is 5.00 Å². The first-order chi connectivity index (χ1) is 13.0. The Labute approximate surface area is 163 Å². The third-order valence-electron chi connectivity index (χ3n) is 4.41. The molecule has 0 saturated heterocycles. The number of hydrogen-bond donors (Lipinski definition) is 2. The SMILES string of the molecule is Cc1ccc(CCC(=O)Nc2sc(C)c(-c3ccccc3)c2C(N)=O)cc1. The number of benzene rings is 2. The van der Waals surface area contributed by atoms with E-state index in [1.54, 1.807) is 0 Å². The summed E-state index contributed by atoms with van der Waals surface area (Å²) in [5, 5.41) is 3.40. The highest BCUT2D eigenvalue weighted by Gasteiger charge is 2.22. The highest BCUT2D eigenvalue weighted by Crippen LogP contribution is 2.39. The van der Waals surface area contributed by atoms with E-state index in [9.17, 15) is 9.59 Å². The number of carbonyl (C=O) groups excluding carboxylic acids is 2. The van der Waals surface area contributed by atoms with Crippen LogP contribution in [0.1, 0.15) is 32.8 Å². The zero-order valence-corrected chi connectivity index (χ0v) is 16.2. The van der Waals surface area contributed by atoms with Gasteiger partial charge in [-0.05, 0) is 31.4 Å². The van der Waals surface area contributed by atoms with Gasteiger partial charge in [0.1, 0.15) is 5.00 Å². The number of primary amides is 1. The lowest BCUT2D eigenvalue weighted by atomic mass is 10.0. The van der Waals surface area contributed by atoms with Crippen molar-refractivity contribution in [1.29, 1.82) is 0 Å².